The zero-order valence-corrected chi connectivity index (χ0v) is 12.8. The molecule has 0 fully saturated rings. The van der Waals surface area contributed by atoms with Crippen LogP contribution in [0, 0.1) is 0 Å². The van der Waals surface area contributed by atoms with Gasteiger partial charge in [-0.2, -0.15) is 0 Å². The van der Waals surface area contributed by atoms with E-state index in [9.17, 15) is 4.79 Å². The molecule has 2 N–H and O–H groups in total. The third kappa shape index (κ3) is 5.93. The summed E-state index contributed by atoms with van der Waals surface area (Å²) in [6, 6.07) is 13.5. The van der Waals surface area contributed by atoms with E-state index in [-0.39, 0.29) is 18.3 Å². The predicted octanol–water partition coefficient (Wildman–Crippen LogP) is -1.51. The van der Waals surface area contributed by atoms with E-state index in [0.717, 1.165) is 11.1 Å². The van der Waals surface area contributed by atoms with Crippen LogP contribution in [0.1, 0.15) is 17.5 Å². The zero-order valence-electron chi connectivity index (χ0n) is 12.0. The molecule has 1 heterocycles. The number of pyridine rings is 1. The average molecular weight is 320 g/mol. The van der Waals surface area contributed by atoms with E-state index in [1.807, 2.05) is 59.4 Å². The second kappa shape index (κ2) is 9.52. The third-order valence-electron chi connectivity index (χ3n) is 3.05. The molecule has 0 aliphatic rings. The van der Waals surface area contributed by atoms with Crippen molar-refractivity contribution in [2.24, 2.45) is 5.16 Å². The Morgan fingerprint density at radius 1 is 1.18 bits per heavy atom. The van der Waals surface area contributed by atoms with Crippen molar-refractivity contribution < 1.29 is 27.0 Å². The molecule has 6 heteroatoms. The first-order valence-corrected chi connectivity index (χ1v) is 6.75. The standard InChI is InChI=1S/C16H17N3O2.ClH/c20-16(17-12-14-4-2-1-3-5-14)8-11-19-9-6-15(7-10-19)13-18-21;/h1-7,9-10,13H,8,11-12H2,(H,17,20);1H. The molecule has 22 heavy (non-hydrogen) atoms. The van der Waals surface area contributed by atoms with Gasteiger partial charge < -0.3 is 22.9 Å². The van der Waals surface area contributed by atoms with E-state index in [1.165, 1.54) is 6.21 Å². The summed E-state index contributed by atoms with van der Waals surface area (Å²) in [6.07, 6.45) is 5.48. The number of nitrogens with one attached hydrogen (secondary N) is 1. The van der Waals surface area contributed by atoms with Crippen molar-refractivity contribution in [1.82, 2.24) is 5.32 Å². The summed E-state index contributed by atoms with van der Waals surface area (Å²) in [7, 11) is 0. The Morgan fingerprint density at radius 3 is 2.50 bits per heavy atom. The van der Waals surface area contributed by atoms with Gasteiger partial charge in [-0.25, -0.2) is 4.57 Å². The highest BCUT2D eigenvalue weighted by atomic mass is 35.5. The minimum atomic E-state index is 0. The van der Waals surface area contributed by atoms with Crippen molar-refractivity contribution >= 4 is 12.1 Å². The summed E-state index contributed by atoms with van der Waals surface area (Å²) in [5.74, 6) is 0.0207. The molecule has 5 nitrogen and oxygen atoms in total. The number of hydrogen-bond donors (Lipinski definition) is 2. The van der Waals surface area contributed by atoms with E-state index in [2.05, 4.69) is 10.5 Å². The van der Waals surface area contributed by atoms with Gasteiger partial charge >= 0.3 is 0 Å². The summed E-state index contributed by atoms with van der Waals surface area (Å²) in [6.45, 7) is 1.16. The summed E-state index contributed by atoms with van der Waals surface area (Å²) < 4.78 is 1.91. The number of carbonyl (C=O) groups is 1. The molecule has 2 aromatic rings. The second-order valence-corrected chi connectivity index (χ2v) is 4.63. The topological polar surface area (TPSA) is 65.6 Å². The summed E-state index contributed by atoms with van der Waals surface area (Å²) in [4.78, 5) is 11.8. The average Bonchev–Trinajstić information content (AvgIpc) is 2.53. The first-order chi connectivity index (χ1) is 10.3. The molecule has 0 spiro atoms. The maximum atomic E-state index is 11.8. The van der Waals surface area contributed by atoms with Crippen LogP contribution in [0.5, 0.6) is 0 Å². The third-order valence-corrected chi connectivity index (χ3v) is 3.05. The number of halogens is 1. The lowest BCUT2D eigenvalue weighted by atomic mass is 10.2. The molecule has 0 aliphatic heterocycles. The van der Waals surface area contributed by atoms with E-state index in [4.69, 9.17) is 5.21 Å². The van der Waals surface area contributed by atoms with E-state index in [0.29, 0.717) is 19.5 Å². The van der Waals surface area contributed by atoms with Crippen LogP contribution in [0.15, 0.2) is 60.0 Å². The molecule has 0 bridgehead atoms. The van der Waals surface area contributed by atoms with Gasteiger partial charge in [0.2, 0.25) is 5.91 Å². The Morgan fingerprint density at radius 2 is 1.86 bits per heavy atom. The summed E-state index contributed by atoms with van der Waals surface area (Å²) in [5, 5.41) is 14.3. The molecule has 0 unspecified atom stereocenters. The first-order valence-electron chi connectivity index (χ1n) is 6.75. The van der Waals surface area contributed by atoms with Crippen molar-refractivity contribution in [3.8, 4) is 0 Å². The Hall–Kier alpha value is -2.40. The quantitative estimate of drug-likeness (QED) is 0.294. The van der Waals surface area contributed by atoms with Crippen molar-refractivity contribution in [3.63, 3.8) is 0 Å². The van der Waals surface area contributed by atoms with Gasteiger partial charge in [0.05, 0.1) is 12.6 Å². The van der Waals surface area contributed by atoms with Crippen molar-refractivity contribution in [1.29, 1.82) is 0 Å². The molecular weight excluding hydrogens is 302 g/mol. The molecule has 0 aliphatic carbocycles. The van der Waals surface area contributed by atoms with E-state index in [1.54, 1.807) is 0 Å². The molecule has 0 saturated carbocycles. The minimum absolute atomic E-state index is 0. The van der Waals surface area contributed by atoms with Crippen LogP contribution in [0.25, 0.3) is 0 Å². The van der Waals surface area contributed by atoms with Crippen LogP contribution < -0.4 is 22.3 Å². The van der Waals surface area contributed by atoms with Gasteiger partial charge in [0.1, 0.15) is 0 Å². The lowest BCUT2D eigenvalue weighted by Crippen LogP contribution is -3.00. The van der Waals surface area contributed by atoms with Gasteiger partial charge in [0.25, 0.3) is 0 Å². The van der Waals surface area contributed by atoms with Crippen molar-refractivity contribution in [3.05, 3.63) is 66.0 Å². The van der Waals surface area contributed by atoms with Gasteiger partial charge in [-0.15, -0.1) is 0 Å². The summed E-state index contributed by atoms with van der Waals surface area (Å²) >= 11 is 0. The molecule has 0 saturated heterocycles. The van der Waals surface area contributed by atoms with Gasteiger partial charge in [-0.3, -0.25) is 4.79 Å². The Balaban J connectivity index is 0.00000242. The van der Waals surface area contributed by atoms with Crippen LogP contribution in [0.2, 0.25) is 0 Å². The largest absolute Gasteiger partial charge is 1.00 e. The second-order valence-electron chi connectivity index (χ2n) is 4.63. The number of benzene rings is 1. The number of aryl methyl sites for hydroxylation is 1. The molecule has 116 valence electrons. The smallest absolute Gasteiger partial charge is 0.226 e. The number of amides is 1. The Bertz CT molecular complexity index is 601. The van der Waals surface area contributed by atoms with Gasteiger partial charge in [-0.1, -0.05) is 35.5 Å². The number of carbonyl (C=O) groups excluding carboxylic acids is 1. The highest BCUT2D eigenvalue weighted by Gasteiger charge is 2.06. The highest BCUT2D eigenvalue weighted by molar-refractivity contribution is 5.78. The Kier molecular flexibility index (Phi) is 7.64. The molecular formula is C16H18ClN3O2. The summed E-state index contributed by atoms with van der Waals surface area (Å²) in [5.41, 5.74) is 1.90. The fourth-order valence-electron chi connectivity index (χ4n) is 1.89. The van der Waals surface area contributed by atoms with Crippen LogP contribution >= 0.6 is 0 Å². The number of rotatable bonds is 6. The van der Waals surface area contributed by atoms with Crippen LogP contribution in [-0.4, -0.2) is 17.3 Å². The SMILES string of the molecule is O=C(CC[n+]1ccc(/C=N/O)cc1)NCc1ccccc1.[Cl-]. The molecule has 1 aromatic carbocycles. The highest BCUT2D eigenvalue weighted by Crippen LogP contribution is 1.97. The predicted molar refractivity (Wildman–Crippen MR) is 78.9 cm³/mol. The normalized spacial score (nSPS) is 10.2. The lowest BCUT2D eigenvalue weighted by molar-refractivity contribution is -0.695. The molecule has 0 radical (unpaired) electrons. The molecule has 0 atom stereocenters. The fraction of sp³-hybridized carbons (Fsp3) is 0.188. The monoisotopic (exact) mass is 319 g/mol. The van der Waals surface area contributed by atoms with Crippen molar-refractivity contribution in [2.75, 3.05) is 0 Å². The number of hydrogen-bond acceptors (Lipinski definition) is 3. The maximum absolute atomic E-state index is 11.8. The molecule has 1 amide bonds. The first kappa shape index (κ1) is 17.7. The van der Waals surface area contributed by atoms with Crippen LogP contribution in [0.4, 0.5) is 0 Å². The van der Waals surface area contributed by atoms with E-state index >= 15 is 0 Å². The van der Waals surface area contributed by atoms with Crippen LogP contribution in [-0.2, 0) is 17.9 Å². The lowest BCUT2D eigenvalue weighted by Gasteiger charge is -2.04. The van der Waals surface area contributed by atoms with Gasteiger partial charge in [-0.05, 0) is 5.56 Å². The fourth-order valence-corrected chi connectivity index (χ4v) is 1.89. The molecule has 1 aromatic heterocycles. The molecule has 2 rings (SSSR count). The van der Waals surface area contributed by atoms with E-state index < -0.39 is 0 Å². The van der Waals surface area contributed by atoms with Gasteiger partial charge in [0, 0.05) is 24.2 Å². The number of oxime groups is 1. The minimum Gasteiger partial charge on any atom is -1.00 e. The maximum Gasteiger partial charge on any atom is 0.226 e. The number of aromatic nitrogens is 1. The van der Waals surface area contributed by atoms with Crippen molar-refractivity contribution in [2.45, 2.75) is 19.5 Å². The Labute approximate surface area is 135 Å². The zero-order chi connectivity index (χ0) is 14.9. The number of nitrogens with zero attached hydrogens (tertiary/aromatic N) is 2. The van der Waals surface area contributed by atoms with Crippen LogP contribution in [0.3, 0.4) is 0 Å². The van der Waals surface area contributed by atoms with Gasteiger partial charge in [0.15, 0.2) is 18.9 Å².